The molecule has 1 aliphatic rings. The molecular weight excluding hydrogens is 336 g/mol. The van der Waals surface area contributed by atoms with Crippen LogP contribution in [-0.2, 0) is 0 Å². The lowest BCUT2D eigenvalue weighted by molar-refractivity contribution is 0.0966. The number of carbonyl (C=O) groups excluding carboxylic acids is 2. The molecule has 136 valence electrons. The third-order valence-corrected chi connectivity index (χ3v) is 3.50. The summed E-state index contributed by atoms with van der Waals surface area (Å²) in [6.45, 7) is 4.73. The molecule has 0 aromatic heterocycles. The van der Waals surface area contributed by atoms with Crippen LogP contribution in [-0.4, -0.2) is 31.3 Å². The largest absolute Gasteiger partial charge is 0.491 e. The van der Waals surface area contributed by atoms with Crippen molar-refractivity contribution in [2.24, 2.45) is 0 Å². The van der Waals surface area contributed by atoms with E-state index >= 15 is 0 Å². The predicted octanol–water partition coefficient (Wildman–Crippen LogP) is 3.21. The standard InChI is InChI=1S/C19H20N2O5/c1-12(2)26-15-5-3-4-14(11-15)20-19(23)21-18(22)13-6-7-16-17(10-13)25-9-8-24-16/h3-7,10-12H,8-9H2,1-2H3,(H2,20,21,22,23). The molecule has 0 bridgehead atoms. The number of urea groups is 1. The van der Waals surface area contributed by atoms with Crippen LogP contribution in [0.5, 0.6) is 17.2 Å². The van der Waals surface area contributed by atoms with E-state index in [1.54, 1.807) is 42.5 Å². The van der Waals surface area contributed by atoms with Crippen LogP contribution in [0.3, 0.4) is 0 Å². The minimum absolute atomic E-state index is 0.0239. The molecule has 2 aromatic carbocycles. The van der Waals surface area contributed by atoms with Crippen LogP contribution >= 0.6 is 0 Å². The number of hydrogen-bond acceptors (Lipinski definition) is 5. The van der Waals surface area contributed by atoms with Crippen LogP contribution in [0.1, 0.15) is 24.2 Å². The lowest BCUT2D eigenvalue weighted by Crippen LogP contribution is -2.34. The molecule has 2 N–H and O–H groups in total. The number of carbonyl (C=O) groups is 2. The first-order valence-electron chi connectivity index (χ1n) is 8.30. The van der Waals surface area contributed by atoms with Gasteiger partial charge in [-0.1, -0.05) is 6.07 Å². The van der Waals surface area contributed by atoms with E-state index in [-0.39, 0.29) is 6.10 Å². The van der Waals surface area contributed by atoms with Gasteiger partial charge in [0, 0.05) is 17.3 Å². The number of ether oxygens (including phenoxy) is 3. The number of rotatable bonds is 4. The Hall–Kier alpha value is -3.22. The van der Waals surface area contributed by atoms with Crippen molar-refractivity contribution in [2.75, 3.05) is 18.5 Å². The first-order valence-corrected chi connectivity index (χ1v) is 8.30. The second-order valence-electron chi connectivity index (χ2n) is 5.96. The highest BCUT2D eigenvalue weighted by molar-refractivity contribution is 6.08. The highest BCUT2D eigenvalue weighted by atomic mass is 16.6. The third-order valence-electron chi connectivity index (χ3n) is 3.50. The SMILES string of the molecule is CC(C)Oc1cccc(NC(=O)NC(=O)c2ccc3c(c2)OCCO3)c1. The van der Waals surface area contributed by atoms with Gasteiger partial charge in [0.25, 0.3) is 5.91 Å². The molecule has 3 amide bonds. The number of benzene rings is 2. The van der Waals surface area contributed by atoms with E-state index in [4.69, 9.17) is 14.2 Å². The Bertz CT molecular complexity index is 819. The van der Waals surface area contributed by atoms with Gasteiger partial charge in [-0.2, -0.15) is 0 Å². The summed E-state index contributed by atoms with van der Waals surface area (Å²) in [5.74, 6) is 1.17. The molecule has 0 saturated heterocycles. The first-order chi connectivity index (χ1) is 12.5. The normalized spacial score (nSPS) is 12.4. The maximum atomic E-state index is 12.3. The molecule has 0 radical (unpaired) electrons. The molecule has 2 aromatic rings. The summed E-state index contributed by atoms with van der Waals surface area (Å²) in [6, 6.07) is 11.1. The molecule has 7 nitrogen and oxygen atoms in total. The molecule has 26 heavy (non-hydrogen) atoms. The molecule has 0 saturated carbocycles. The smallest absolute Gasteiger partial charge is 0.326 e. The molecule has 3 rings (SSSR count). The fourth-order valence-corrected chi connectivity index (χ4v) is 2.44. The average molecular weight is 356 g/mol. The van der Waals surface area contributed by atoms with Gasteiger partial charge in [0.2, 0.25) is 0 Å². The molecule has 0 atom stereocenters. The van der Waals surface area contributed by atoms with Crippen LogP contribution in [0.2, 0.25) is 0 Å². The van der Waals surface area contributed by atoms with Gasteiger partial charge in [0.1, 0.15) is 19.0 Å². The Balaban J connectivity index is 1.62. The Morgan fingerprint density at radius 2 is 1.81 bits per heavy atom. The summed E-state index contributed by atoms with van der Waals surface area (Å²) in [5.41, 5.74) is 0.830. The van der Waals surface area contributed by atoms with Crippen molar-refractivity contribution in [1.82, 2.24) is 5.32 Å². The molecule has 0 unspecified atom stereocenters. The quantitative estimate of drug-likeness (QED) is 0.879. The summed E-state index contributed by atoms with van der Waals surface area (Å²) in [7, 11) is 0. The molecule has 0 aliphatic carbocycles. The number of hydrogen-bond donors (Lipinski definition) is 2. The van der Waals surface area contributed by atoms with Crippen LogP contribution < -0.4 is 24.8 Å². The highest BCUT2D eigenvalue weighted by Gasteiger charge is 2.16. The Kier molecular flexibility index (Phi) is 5.26. The van der Waals surface area contributed by atoms with Gasteiger partial charge in [0.15, 0.2) is 11.5 Å². The molecule has 7 heteroatoms. The molecule has 1 heterocycles. The number of amides is 3. The Morgan fingerprint density at radius 1 is 1.04 bits per heavy atom. The van der Waals surface area contributed by atoms with Gasteiger partial charge < -0.3 is 19.5 Å². The summed E-state index contributed by atoms with van der Waals surface area (Å²) < 4.78 is 16.4. The highest BCUT2D eigenvalue weighted by Crippen LogP contribution is 2.30. The minimum Gasteiger partial charge on any atom is -0.491 e. The van der Waals surface area contributed by atoms with Gasteiger partial charge in [-0.3, -0.25) is 10.1 Å². The Morgan fingerprint density at radius 3 is 2.58 bits per heavy atom. The minimum atomic E-state index is -0.633. The predicted molar refractivity (Wildman–Crippen MR) is 96.1 cm³/mol. The molecule has 1 aliphatic heterocycles. The van der Waals surface area contributed by atoms with Crippen molar-refractivity contribution in [3.63, 3.8) is 0 Å². The van der Waals surface area contributed by atoms with Gasteiger partial charge in [-0.25, -0.2) is 4.79 Å². The zero-order valence-corrected chi connectivity index (χ0v) is 14.6. The number of anilines is 1. The van der Waals surface area contributed by atoms with Gasteiger partial charge in [0.05, 0.1) is 6.10 Å². The monoisotopic (exact) mass is 356 g/mol. The lowest BCUT2D eigenvalue weighted by Gasteiger charge is -2.18. The molecular formula is C19H20N2O5. The van der Waals surface area contributed by atoms with Gasteiger partial charge in [-0.15, -0.1) is 0 Å². The van der Waals surface area contributed by atoms with E-state index < -0.39 is 11.9 Å². The molecule has 0 fully saturated rings. The van der Waals surface area contributed by atoms with Crippen LogP contribution in [0.25, 0.3) is 0 Å². The topological polar surface area (TPSA) is 85.9 Å². The van der Waals surface area contributed by atoms with Crippen molar-refractivity contribution >= 4 is 17.6 Å². The van der Waals surface area contributed by atoms with Crippen LogP contribution in [0, 0.1) is 0 Å². The maximum absolute atomic E-state index is 12.3. The van der Waals surface area contributed by atoms with Gasteiger partial charge >= 0.3 is 6.03 Å². The summed E-state index contributed by atoms with van der Waals surface area (Å²) >= 11 is 0. The zero-order valence-electron chi connectivity index (χ0n) is 14.6. The van der Waals surface area contributed by atoms with E-state index in [9.17, 15) is 9.59 Å². The van der Waals surface area contributed by atoms with Crippen molar-refractivity contribution in [3.05, 3.63) is 48.0 Å². The van der Waals surface area contributed by atoms with Crippen molar-refractivity contribution in [1.29, 1.82) is 0 Å². The fourth-order valence-electron chi connectivity index (χ4n) is 2.44. The Labute approximate surface area is 151 Å². The summed E-state index contributed by atoms with van der Waals surface area (Å²) in [4.78, 5) is 24.3. The van der Waals surface area contributed by atoms with Crippen molar-refractivity contribution < 1.29 is 23.8 Å². The number of imide groups is 1. The average Bonchev–Trinajstić information content (AvgIpc) is 2.61. The van der Waals surface area contributed by atoms with E-state index in [1.165, 1.54) is 0 Å². The van der Waals surface area contributed by atoms with E-state index in [0.29, 0.717) is 41.7 Å². The van der Waals surface area contributed by atoms with Gasteiger partial charge in [-0.05, 0) is 44.2 Å². The van der Waals surface area contributed by atoms with Crippen molar-refractivity contribution in [3.8, 4) is 17.2 Å². The molecule has 0 spiro atoms. The maximum Gasteiger partial charge on any atom is 0.326 e. The number of fused-ring (bicyclic) bond motifs is 1. The van der Waals surface area contributed by atoms with E-state index in [2.05, 4.69) is 10.6 Å². The zero-order chi connectivity index (χ0) is 18.5. The van der Waals surface area contributed by atoms with E-state index in [1.807, 2.05) is 13.8 Å². The second-order valence-corrected chi connectivity index (χ2v) is 5.96. The first kappa shape index (κ1) is 17.6. The van der Waals surface area contributed by atoms with Crippen LogP contribution in [0.4, 0.5) is 10.5 Å². The summed E-state index contributed by atoms with van der Waals surface area (Å²) in [5, 5.41) is 4.90. The van der Waals surface area contributed by atoms with Crippen LogP contribution in [0.15, 0.2) is 42.5 Å². The number of nitrogens with one attached hydrogen (secondary N) is 2. The third kappa shape index (κ3) is 4.44. The summed E-state index contributed by atoms with van der Waals surface area (Å²) in [6.07, 6.45) is 0.0239. The second kappa shape index (κ2) is 7.77. The van der Waals surface area contributed by atoms with Crippen molar-refractivity contribution in [2.45, 2.75) is 20.0 Å². The lowest BCUT2D eigenvalue weighted by atomic mass is 10.2. The van der Waals surface area contributed by atoms with E-state index in [0.717, 1.165) is 0 Å². The fraction of sp³-hybridized carbons (Fsp3) is 0.263.